The van der Waals surface area contributed by atoms with E-state index in [1.807, 2.05) is 30.7 Å². The van der Waals surface area contributed by atoms with Crippen molar-refractivity contribution in [1.82, 2.24) is 0 Å². The number of amides is 1. The molecule has 0 bridgehead atoms. The summed E-state index contributed by atoms with van der Waals surface area (Å²) in [7, 11) is 0. The highest BCUT2D eigenvalue weighted by atomic mass is 16.3. The first-order valence-corrected chi connectivity index (χ1v) is 5.67. The van der Waals surface area contributed by atoms with Gasteiger partial charge in [-0.15, -0.1) is 0 Å². The first-order chi connectivity index (χ1) is 8.66. The zero-order chi connectivity index (χ0) is 13.0. The molecule has 2 rings (SSSR count). The maximum Gasteiger partial charge on any atom is 0.248 e. The third-order valence-corrected chi connectivity index (χ3v) is 2.72. The lowest BCUT2D eigenvalue weighted by Gasteiger charge is -2.06. The molecule has 3 nitrogen and oxygen atoms in total. The van der Waals surface area contributed by atoms with Crippen LogP contribution in [0.5, 0.6) is 5.75 Å². The average Bonchev–Trinajstić information content (AvgIpc) is 2.38. The van der Waals surface area contributed by atoms with Crippen LogP contribution < -0.4 is 5.73 Å². The average molecular weight is 240 g/mol. The number of hydrogen-bond acceptors (Lipinski definition) is 2. The molecule has 0 fully saturated rings. The summed E-state index contributed by atoms with van der Waals surface area (Å²) in [6, 6.07) is 14.2. The van der Waals surface area contributed by atoms with Crippen LogP contribution in [0.2, 0.25) is 0 Å². The summed E-state index contributed by atoms with van der Waals surface area (Å²) in [6.45, 7) is 0. The molecule has 18 heavy (non-hydrogen) atoms. The van der Waals surface area contributed by atoms with Crippen molar-refractivity contribution in [3.8, 4) is 5.75 Å². The van der Waals surface area contributed by atoms with Crippen molar-refractivity contribution < 1.29 is 9.90 Å². The van der Waals surface area contributed by atoms with Crippen LogP contribution in [0.1, 0.15) is 21.5 Å². The Morgan fingerprint density at radius 2 is 1.78 bits per heavy atom. The monoisotopic (exact) mass is 240 g/mol. The number of rotatable bonds is 4. The van der Waals surface area contributed by atoms with E-state index in [-0.39, 0.29) is 5.75 Å². The van der Waals surface area contributed by atoms with Gasteiger partial charge in [-0.3, -0.25) is 4.79 Å². The van der Waals surface area contributed by atoms with Gasteiger partial charge in [-0.25, -0.2) is 0 Å². The van der Waals surface area contributed by atoms with Gasteiger partial charge in [-0.1, -0.05) is 30.3 Å². The van der Waals surface area contributed by atoms with Gasteiger partial charge in [0, 0.05) is 5.56 Å². The van der Waals surface area contributed by atoms with Gasteiger partial charge in [0.25, 0.3) is 0 Å². The number of phenolic OH excluding ortho intramolecular Hbond substituents is 1. The summed E-state index contributed by atoms with van der Waals surface area (Å²) >= 11 is 0. The van der Waals surface area contributed by atoms with E-state index >= 15 is 0 Å². The molecular formula is C15H14NO2. The second-order valence-corrected chi connectivity index (χ2v) is 4.03. The molecule has 3 N–H and O–H groups in total. The number of nitrogens with two attached hydrogens (primary N) is 1. The molecule has 2 aromatic carbocycles. The predicted molar refractivity (Wildman–Crippen MR) is 70.2 cm³/mol. The SMILES string of the molecule is NC(=O)c1ccccc1[CH]Cc1ccc(O)cc1. The molecule has 0 unspecified atom stereocenters. The number of primary amides is 1. The molecule has 91 valence electrons. The summed E-state index contributed by atoms with van der Waals surface area (Å²) in [6.07, 6.45) is 2.64. The molecule has 0 aliphatic heterocycles. The minimum Gasteiger partial charge on any atom is -0.508 e. The molecular weight excluding hydrogens is 226 g/mol. The van der Waals surface area contributed by atoms with E-state index in [1.165, 1.54) is 0 Å². The topological polar surface area (TPSA) is 63.3 Å². The van der Waals surface area contributed by atoms with Gasteiger partial charge in [0.05, 0.1) is 0 Å². The molecule has 0 spiro atoms. The maximum atomic E-state index is 11.2. The molecule has 0 heterocycles. The molecule has 0 saturated heterocycles. The lowest BCUT2D eigenvalue weighted by Crippen LogP contribution is -2.13. The van der Waals surface area contributed by atoms with E-state index < -0.39 is 5.91 Å². The van der Waals surface area contributed by atoms with Crippen LogP contribution in [0.25, 0.3) is 0 Å². The van der Waals surface area contributed by atoms with Crippen LogP contribution in [0.3, 0.4) is 0 Å². The summed E-state index contributed by atoms with van der Waals surface area (Å²) in [5, 5.41) is 9.19. The van der Waals surface area contributed by atoms with Crippen LogP contribution in [0.15, 0.2) is 48.5 Å². The largest absolute Gasteiger partial charge is 0.508 e. The number of aromatic hydroxyl groups is 1. The zero-order valence-corrected chi connectivity index (χ0v) is 9.84. The Balaban J connectivity index is 2.10. The van der Waals surface area contributed by atoms with E-state index in [0.29, 0.717) is 12.0 Å². The van der Waals surface area contributed by atoms with Crippen molar-refractivity contribution in [2.45, 2.75) is 6.42 Å². The van der Waals surface area contributed by atoms with E-state index in [0.717, 1.165) is 11.1 Å². The Morgan fingerprint density at radius 1 is 1.11 bits per heavy atom. The van der Waals surface area contributed by atoms with Gasteiger partial charge in [0.1, 0.15) is 5.75 Å². The molecule has 0 saturated carbocycles. The fraction of sp³-hybridized carbons (Fsp3) is 0.0667. The van der Waals surface area contributed by atoms with Crippen LogP contribution >= 0.6 is 0 Å². The minimum atomic E-state index is -0.424. The van der Waals surface area contributed by atoms with Crippen molar-refractivity contribution in [3.05, 3.63) is 71.6 Å². The third-order valence-electron chi connectivity index (χ3n) is 2.72. The lowest BCUT2D eigenvalue weighted by molar-refractivity contribution is 0.1000. The molecule has 0 aliphatic carbocycles. The lowest BCUT2D eigenvalue weighted by atomic mass is 9.99. The van der Waals surface area contributed by atoms with E-state index in [4.69, 9.17) is 5.73 Å². The normalized spacial score (nSPS) is 10.2. The Labute approximate surface area is 106 Å². The zero-order valence-electron chi connectivity index (χ0n) is 9.84. The molecule has 0 aliphatic rings. The van der Waals surface area contributed by atoms with Crippen molar-refractivity contribution in [2.75, 3.05) is 0 Å². The standard InChI is InChI=1S/C15H14NO2/c16-15(18)14-4-2-1-3-12(14)8-5-11-6-9-13(17)10-7-11/h1-4,6-10,17H,5H2,(H2,16,18). The van der Waals surface area contributed by atoms with E-state index in [2.05, 4.69) is 0 Å². The van der Waals surface area contributed by atoms with Gasteiger partial charge < -0.3 is 10.8 Å². The van der Waals surface area contributed by atoms with Crippen molar-refractivity contribution >= 4 is 5.91 Å². The number of benzene rings is 2. The molecule has 1 radical (unpaired) electrons. The second kappa shape index (κ2) is 5.36. The maximum absolute atomic E-state index is 11.2. The van der Waals surface area contributed by atoms with Gasteiger partial charge in [-0.2, -0.15) is 0 Å². The first-order valence-electron chi connectivity index (χ1n) is 5.67. The van der Waals surface area contributed by atoms with Crippen LogP contribution in [-0.4, -0.2) is 11.0 Å². The number of phenols is 1. The number of carbonyl (C=O) groups excluding carboxylic acids is 1. The number of hydrogen-bond donors (Lipinski definition) is 2. The van der Waals surface area contributed by atoms with Crippen LogP contribution in [0.4, 0.5) is 0 Å². The third kappa shape index (κ3) is 2.88. The van der Waals surface area contributed by atoms with E-state index in [9.17, 15) is 9.90 Å². The minimum absolute atomic E-state index is 0.247. The molecule has 0 aromatic heterocycles. The smallest absolute Gasteiger partial charge is 0.248 e. The van der Waals surface area contributed by atoms with Gasteiger partial charge >= 0.3 is 0 Å². The predicted octanol–water partition coefficient (Wildman–Crippen LogP) is 2.29. The quantitative estimate of drug-likeness (QED) is 0.861. The highest BCUT2D eigenvalue weighted by Crippen LogP contribution is 2.16. The highest BCUT2D eigenvalue weighted by Gasteiger charge is 2.07. The molecule has 2 aromatic rings. The summed E-state index contributed by atoms with van der Waals surface area (Å²) in [5.41, 5.74) is 7.73. The van der Waals surface area contributed by atoms with Gasteiger partial charge in [-0.05, 0) is 42.2 Å². The fourth-order valence-electron chi connectivity index (χ4n) is 1.76. The van der Waals surface area contributed by atoms with Crippen molar-refractivity contribution in [3.63, 3.8) is 0 Å². The van der Waals surface area contributed by atoms with Gasteiger partial charge in [0.2, 0.25) is 5.91 Å². The summed E-state index contributed by atoms with van der Waals surface area (Å²) in [4.78, 5) is 11.2. The summed E-state index contributed by atoms with van der Waals surface area (Å²) < 4.78 is 0. The fourth-order valence-corrected chi connectivity index (χ4v) is 1.76. The first kappa shape index (κ1) is 12.2. The van der Waals surface area contributed by atoms with Crippen LogP contribution in [0, 0.1) is 6.42 Å². The number of carbonyl (C=O) groups is 1. The Morgan fingerprint density at radius 3 is 2.44 bits per heavy atom. The second-order valence-electron chi connectivity index (χ2n) is 4.03. The van der Waals surface area contributed by atoms with Crippen molar-refractivity contribution in [1.29, 1.82) is 0 Å². The highest BCUT2D eigenvalue weighted by molar-refractivity contribution is 5.94. The molecule has 3 heteroatoms. The van der Waals surface area contributed by atoms with Gasteiger partial charge in [0.15, 0.2) is 0 Å². The Kier molecular flexibility index (Phi) is 3.63. The van der Waals surface area contributed by atoms with Crippen LogP contribution in [-0.2, 0) is 6.42 Å². The molecule has 0 atom stereocenters. The van der Waals surface area contributed by atoms with E-state index in [1.54, 1.807) is 24.3 Å². The Bertz CT molecular complexity index is 547. The summed E-state index contributed by atoms with van der Waals surface area (Å²) in [5.74, 6) is -0.177. The Hall–Kier alpha value is -2.29. The van der Waals surface area contributed by atoms with Crippen molar-refractivity contribution in [2.24, 2.45) is 5.73 Å². The molecule has 1 amide bonds.